The van der Waals surface area contributed by atoms with E-state index in [0.29, 0.717) is 11.5 Å². The molecule has 0 unspecified atom stereocenters. The third kappa shape index (κ3) is 3.00. The van der Waals surface area contributed by atoms with Gasteiger partial charge in [0.15, 0.2) is 0 Å². The first-order valence-corrected chi connectivity index (χ1v) is 6.47. The van der Waals surface area contributed by atoms with Gasteiger partial charge < -0.3 is 15.4 Å². The number of benzene rings is 1. The van der Waals surface area contributed by atoms with E-state index >= 15 is 0 Å². The molecule has 1 aliphatic heterocycles. The lowest BCUT2D eigenvalue weighted by Gasteiger charge is -2.33. The molecule has 2 N–H and O–H groups in total. The Bertz CT molecular complexity index is 389. The van der Waals surface area contributed by atoms with Crippen LogP contribution in [0.1, 0.15) is 18.4 Å². The zero-order valence-corrected chi connectivity index (χ0v) is 10.9. The summed E-state index contributed by atoms with van der Waals surface area (Å²) in [5, 5.41) is 0. The number of hydrogen-bond donors (Lipinski definition) is 1. The molecule has 0 aliphatic carbocycles. The van der Waals surface area contributed by atoms with E-state index in [2.05, 4.69) is 4.90 Å². The molecule has 1 heterocycles. The van der Waals surface area contributed by atoms with Crippen LogP contribution in [0.25, 0.3) is 0 Å². The fraction of sp³-hybridized carbons (Fsp3) is 0.571. The molecule has 100 valence electrons. The number of halogens is 1. The van der Waals surface area contributed by atoms with Crippen molar-refractivity contribution < 1.29 is 9.13 Å². The standard InChI is InChI=1S/C14H21FN2O/c1-18-10-11-4-6-17(7-5-11)13-3-2-12(9-16)14(15)8-13/h2-3,8,11H,4-7,9-10,16H2,1H3. The molecule has 0 aromatic heterocycles. The summed E-state index contributed by atoms with van der Waals surface area (Å²) in [6.07, 6.45) is 2.21. The Labute approximate surface area is 108 Å². The summed E-state index contributed by atoms with van der Waals surface area (Å²) in [4.78, 5) is 2.23. The first kappa shape index (κ1) is 13.3. The third-order valence-corrected chi connectivity index (χ3v) is 3.64. The quantitative estimate of drug-likeness (QED) is 0.892. The average Bonchev–Trinajstić information content (AvgIpc) is 2.40. The smallest absolute Gasteiger partial charge is 0.129 e. The van der Waals surface area contributed by atoms with Gasteiger partial charge in [0.1, 0.15) is 5.82 Å². The van der Waals surface area contributed by atoms with Gasteiger partial charge in [-0.1, -0.05) is 6.07 Å². The van der Waals surface area contributed by atoms with Crippen LogP contribution in [0.15, 0.2) is 18.2 Å². The number of ether oxygens (including phenoxy) is 1. The van der Waals surface area contributed by atoms with E-state index in [1.807, 2.05) is 6.07 Å². The van der Waals surface area contributed by atoms with Gasteiger partial charge in [-0.3, -0.25) is 0 Å². The molecule has 1 aliphatic rings. The van der Waals surface area contributed by atoms with Gasteiger partial charge in [-0.2, -0.15) is 0 Å². The molecular formula is C14H21FN2O. The summed E-state index contributed by atoms with van der Waals surface area (Å²) in [6, 6.07) is 5.34. The van der Waals surface area contributed by atoms with Crippen molar-refractivity contribution in [2.24, 2.45) is 11.7 Å². The van der Waals surface area contributed by atoms with Crippen LogP contribution < -0.4 is 10.6 Å². The molecule has 0 bridgehead atoms. The largest absolute Gasteiger partial charge is 0.384 e. The van der Waals surface area contributed by atoms with Gasteiger partial charge in [0.2, 0.25) is 0 Å². The predicted molar refractivity (Wildman–Crippen MR) is 71.1 cm³/mol. The molecule has 0 amide bonds. The van der Waals surface area contributed by atoms with Crippen molar-refractivity contribution in [3.63, 3.8) is 0 Å². The minimum Gasteiger partial charge on any atom is -0.384 e. The summed E-state index contributed by atoms with van der Waals surface area (Å²) < 4.78 is 18.9. The Kier molecular flexibility index (Phi) is 4.55. The highest BCUT2D eigenvalue weighted by Gasteiger charge is 2.19. The van der Waals surface area contributed by atoms with Crippen molar-refractivity contribution in [3.8, 4) is 0 Å². The molecule has 0 radical (unpaired) electrons. The molecule has 18 heavy (non-hydrogen) atoms. The Morgan fingerprint density at radius 2 is 2.11 bits per heavy atom. The fourth-order valence-electron chi connectivity index (χ4n) is 2.49. The monoisotopic (exact) mass is 252 g/mol. The van der Waals surface area contributed by atoms with E-state index in [9.17, 15) is 4.39 Å². The number of nitrogens with zero attached hydrogens (tertiary/aromatic N) is 1. The number of anilines is 1. The van der Waals surface area contributed by atoms with Crippen molar-refractivity contribution in [1.82, 2.24) is 0 Å². The molecule has 0 atom stereocenters. The van der Waals surface area contributed by atoms with Gasteiger partial charge in [-0.15, -0.1) is 0 Å². The van der Waals surface area contributed by atoms with E-state index in [1.165, 1.54) is 0 Å². The van der Waals surface area contributed by atoms with E-state index in [0.717, 1.165) is 38.2 Å². The first-order valence-electron chi connectivity index (χ1n) is 6.47. The maximum atomic E-state index is 13.7. The maximum absolute atomic E-state index is 13.7. The van der Waals surface area contributed by atoms with Crippen LogP contribution in [-0.2, 0) is 11.3 Å². The van der Waals surface area contributed by atoms with Crippen LogP contribution in [-0.4, -0.2) is 26.8 Å². The summed E-state index contributed by atoms with van der Waals surface area (Å²) in [5.74, 6) is 0.438. The lowest BCUT2D eigenvalue weighted by molar-refractivity contribution is 0.139. The second kappa shape index (κ2) is 6.16. The van der Waals surface area contributed by atoms with Gasteiger partial charge in [-0.05, 0) is 30.9 Å². The number of nitrogens with two attached hydrogens (primary N) is 1. The number of piperidine rings is 1. The van der Waals surface area contributed by atoms with Crippen LogP contribution in [0, 0.1) is 11.7 Å². The lowest BCUT2D eigenvalue weighted by atomic mass is 9.97. The van der Waals surface area contributed by atoms with Gasteiger partial charge in [0.05, 0.1) is 0 Å². The fourth-order valence-corrected chi connectivity index (χ4v) is 2.49. The molecule has 4 heteroatoms. The van der Waals surface area contributed by atoms with Gasteiger partial charge in [-0.25, -0.2) is 4.39 Å². The molecule has 1 aromatic rings. The predicted octanol–water partition coefficient (Wildman–Crippen LogP) is 2.15. The van der Waals surface area contributed by atoms with Gasteiger partial charge in [0.25, 0.3) is 0 Å². The van der Waals surface area contributed by atoms with Crippen molar-refractivity contribution in [2.75, 3.05) is 31.7 Å². The SMILES string of the molecule is COCC1CCN(c2ccc(CN)c(F)c2)CC1. The lowest BCUT2D eigenvalue weighted by Crippen LogP contribution is -2.35. The molecule has 0 spiro atoms. The Morgan fingerprint density at radius 3 is 2.67 bits per heavy atom. The van der Waals surface area contributed by atoms with Crippen LogP contribution in [0.4, 0.5) is 10.1 Å². The van der Waals surface area contributed by atoms with Crippen molar-refractivity contribution in [2.45, 2.75) is 19.4 Å². The summed E-state index contributed by atoms with van der Waals surface area (Å²) in [5.41, 5.74) is 7.00. The maximum Gasteiger partial charge on any atom is 0.129 e. The minimum atomic E-state index is -0.200. The average molecular weight is 252 g/mol. The van der Waals surface area contributed by atoms with Crippen LogP contribution in [0.2, 0.25) is 0 Å². The van der Waals surface area contributed by atoms with E-state index < -0.39 is 0 Å². The number of hydrogen-bond acceptors (Lipinski definition) is 3. The topological polar surface area (TPSA) is 38.5 Å². The first-order chi connectivity index (χ1) is 8.74. The summed E-state index contributed by atoms with van der Waals surface area (Å²) >= 11 is 0. The van der Waals surface area contributed by atoms with Gasteiger partial charge in [0, 0.05) is 44.6 Å². The van der Waals surface area contributed by atoms with Crippen LogP contribution in [0.3, 0.4) is 0 Å². The third-order valence-electron chi connectivity index (χ3n) is 3.64. The zero-order valence-electron chi connectivity index (χ0n) is 10.9. The minimum absolute atomic E-state index is 0.200. The van der Waals surface area contributed by atoms with Crippen molar-refractivity contribution in [1.29, 1.82) is 0 Å². The Morgan fingerprint density at radius 1 is 1.39 bits per heavy atom. The molecule has 1 aromatic carbocycles. The van der Waals surface area contributed by atoms with Crippen molar-refractivity contribution in [3.05, 3.63) is 29.6 Å². The van der Waals surface area contributed by atoms with E-state index in [1.54, 1.807) is 19.2 Å². The number of rotatable bonds is 4. The highest BCUT2D eigenvalue weighted by atomic mass is 19.1. The summed E-state index contributed by atoms with van der Waals surface area (Å²) in [6.45, 7) is 3.02. The molecule has 1 saturated heterocycles. The molecule has 1 fully saturated rings. The molecule has 3 nitrogen and oxygen atoms in total. The van der Waals surface area contributed by atoms with Gasteiger partial charge >= 0.3 is 0 Å². The zero-order chi connectivity index (χ0) is 13.0. The second-order valence-electron chi connectivity index (χ2n) is 4.87. The van der Waals surface area contributed by atoms with Crippen molar-refractivity contribution >= 4 is 5.69 Å². The Hall–Kier alpha value is -1.13. The van der Waals surface area contributed by atoms with E-state index in [4.69, 9.17) is 10.5 Å². The van der Waals surface area contributed by atoms with E-state index in [-0.39, 0.29) is 12.4 Å². The highest BCUT2D eigenvalue weighted by Crippen LogP contribution is 2.25. The number of methoxy groups -OCH3 is 1. The molecule has 0 saturated carbocycles. The molecular weight excluding hydrogens is 231 g/mol. The van der Waals surface area contributed by atoms with Crippen LogP contribution >= 0.6 is 0 Å². The molecule has 2 rings (SSSR count). The summed E-state index contributed by atoms with van der Waals surface area (Å²) in [7, 11) is 1.74. The Balaban J connectivity index is 1.99. The highest BCUT2D eigenvalue weighted by molar-refractivity contribution is 5.48. The van der Waals surface area contributed by atoms with Crippen LogP contribution in [0.5, 0.6) is 0 Å². The normalized spacial score (nSPS) is 17.2. The second-order valence-corrected chi connectivity index (χ2v) is 4.87.